The van der Waals surface area contributed by atoms with Crippen LogP contribution in [-0.4, -0.2) is 30.1 Å². The average Bonchev–Trinajstić information content (AvgIpc) is 3.91. The molecule has 48 heavy (non-hydrogen) atoms. The Bertz CT molecular complexity index is 2270. The lowest BCUT2D eigenvalue weighted by Gasteiger charge is -2.14. The van der Waals surface area contributed by atoms with Gasteiger partial charge in [-0.05, 0) is 120 Å². The summed E-state index contributed by atoms with van der Waals surface area (Å²) >= 11 is 0. The molecule has 0 radical (unpaired) electrons. The average molecular weight is 629 g/mol. The van der Waals surface area contributed by atoms with Crippen molar-refractivity contribution in [1.82, 2.24) is 19.9 Å². The van der Waals surface area contributed by atoms with Gasteiger partial charge in [0.2, 0.25) is 0 Å². The van der Waals surface area contributed by atoms with Crippen molar-refractivity contribution in [2.45, 2.75) is 26.7 Å². The molecule has 0 atom stereocenters. The van der Waals surface area contributed by atoms with Gasteiger partial charge in [-0.25, -0.2) is 9.97 Å². The number of hydrogen-bond donors (Lipinski definition) is 4. The zero-order valence-corrected chi connectivity index (χ0v) is 26.9. The molecule has 8 bridgehead atoms. The van der Waals surface area contributed by atoms with Crippen LogP contribution in [0.1, 0.15) is 49.2 Å². The van der Waals surface area contributed by atoms with Gasteiger partial charge in [0.25, 0.3) is 0 Å². The van der Waals surface area contributed by atoms with Crippen molar-refractivity contribution in [2.75, 3.05) is 0 Å². The maximum Gasteiger partial charge on any atom is 0.115 e. The summed E-state index contributed by atoms with van der Waals surface area (Å²) in [4.78, 5) is 16.5. The number of aromatic nitrogens is 4. The zero-order chi connectivity index (χ0) is 33.0. The molecular formula is C42H36N4O2. The highest BCUT2D eigenvalue weighted by Crippen LogP contribution is 2.36. The molecular weight excluding hydrogens is 592 g/mol. The van der Waals surface area contributed by atoms with Gasteiger partial charge in [-0.2, -0.15) is 0 Å². The van der Waals surface area contributed by atoms with E-state index in [9.17, 15) is 10.2 Å². The lowest BCUT2D eigenvalue weighted by Crippen LogP contribution is -1.91. The molecule has 5 heterocycles. The van der Waals surface area contributed by atoms with Gasteiger partial charge in [0.15, 0.2) is 0 Å². The summed E-state index contributed by atoms with van der Waals surface area (Å²) in [7, 11) is 0. The summed E-state index contributed by atoms with van der Waals surface area (Å²) in [5.41, 5.74) is 15.0. The highest BCUT2D eigenvalue weighted by atomic mass is 16.3. The van der Waals surface area contributed by atoms with E-state index in [-0.39, 0.29) is 11.5 Å². The number of phenolic OH excluding ortho intramolecular Hbond substituents is 2. The lowest BCUT2D eigenvalue weighted by atomic mass is 9.91. The fourth-order valence-corrected chi connectivity index (χ4v) is 6.27. The Hall–Kier alpha value is -6.14. The predicted molar refractivity (Wildman–Crippen MR) is 198 cm³/mol. The number of H-pyrrole nitrogens is 2. The van der Waals surface area contributed by atoms with Crippen LogP contribution in [0.4, 0.5) is 0 Å². The van der Waals surface area contributed by atoms with Crippen LogP contribution in [0.25, 0.3) is 67.9 Å². The van der Waals surface area contributed by atoms with Gasteiger partial charge < -0.3 is 20.2 Å². The van der Waals surface area contributed by atoms with Gasteiger partial charge in [-0.15, -0.1) is 0 Å². The summed E-state index contributed by atoms with van der Waals surface area (Å²) in [6.07, 6.45) is 5.91. The molecule has 2 aliphatic heterocycles. The van der Waals surface area contributed by atoms with E-state index in [1.807, 2.05) is 36.4 Å². The van der Waals surface area contributed by atoms with E-state index in [0.29, 0.717) is 0 Å². The fourth-order valence-electron chi connectivity index (χ4n) is 6.27. The first kappa shape index (κ1) is 30.5. The number of rotatable bonds is 4. The van der Waals surface area contributed by atoms with E-state index in [1.54, 1.807) is 24.3 Å². The maximum absolute atomic E-state index is 9.41. The van der Waals surface area contributed by atoms with Crippen molar-refractivity contribution >= 4 is 45.4 Å². The van der Waals surface area contributed by atoms with Crippen LogP contribution in [0.2, 0.25) is 0 Å². The second-order valence-electron chi connectivity index (χ2n) is 11.8. The van der Waals surface area contributed by atoms with Crippen LogP contribution in [0.15, 0.2) is 121 Å². The molecule has 0 amide bonds. The Morgan fingerprint density at radius 1 is 0.500 bits per heavy atom. The first-order chi connectivity index (χ1) is 23.4. The Balaban J connectivity index is 0.000000162. The molecule has 3 aromatic heterocycles. The molecule has 0 fully saturated rings. The Labute approximate surface area is 279 Å². The van der Waals surface area contributed by atoms with Gasteiger partial charge in [0.05, 0.1) is 22.8 Å². The Kier molecular flexibility index (Phi) is 8.46. The van der Waals surface area contributed by atoms with E-state index >= 15 is 0 Å². The van der Waals surface area contributed by atoms with Gasteiger partial charge in [0.1, 0.15) is 11.5 Å². The normalized spacial score (nSPS) is 12.1. The number of phenols is 2. The van der Waals surface area contributed by atoms with Crippen molar-refractivity contribution in [3.05, 3.63) is 144 Å². The summed E-state index contributed by atoms with van der Waals surface area (Å²) < 4.78 is 0. The third-order valence-electron chi connectivity index (χ3n) is 8.56. The van der Waals surface area contributed by atoms with E-state index in [0.717, 1.165) is 79.9 Å². The van der Waals surface area contributed by atoms with Crippen molar-refractivity contribution in [3.63, 3.8) is 0 Å². The highest BCUT2D eigenvalue weighted by Gasteiger charge is 2.16. The molecule has 0 unspecified atom stereocenters. The molecule has 0 aliphatic carbocycles. The molecule has 8 rings (SSSR count). The van der Waals surface area contributed by atoms with Gasteiger partial charge in [-0.1, -0.05) is 62.4 Å². The molecule has 0 saturated carbocycles. The molecule has 236 valence electrons. The quantitative estimate of drug-likeness (QED) is 0.146. The molecule has 3 aromatic carbocycles. The number of allylic oxidation sites excluding steroid dienone is 2. The number of fused-ring (bicyclic) bond motifs is 11. The minimum atomic E-state index is 0.284. The molecule has 6 nitrogen and oxygen atoms in total. The van der Waals surface area contributed by atoms with Crippen LogP contribution in [0, 0.1) is 0 Å². The van der Waals surface area contributed by atoms with Crippen LogP contribution in [0.5, 0.6) is 11.5 Å². The highest BCUT2D eigenvalue weighted by molar-refractivity contribution is 5.91. The molecule has 6 aromatic rings. The Morgan fingerprint density at radius 2 is 0.938 bits per heavy atom. The zero-order valence-electron chi connectivity index (χ0n) is 26.9. The number of nitrogens with zero attached hydrogens (tertiary/aromatic N) is 2. The maximum atomic E-state index is 9.41. The Morgan fingerprint density at radius 3 is 1.44 bits per heavy atom. The van der Waals surface area contributed by atoms with Gasteiger partial charge in [0, 0.05) is 33.2 Å². The number of benzene rings is 3. The molecule has 0 saturated heterocycles. The third kappa shape index (κ3) is 6.55. The van der Waals surface area contributed by atoms with Gasteiger partial charge in [-0.3, -0.25) is 0 Å². The number of hydrogen-bond acceptors (Lipinski definition) is 4. The van der Waals surface area contributed by atoms with Crippen molar-refractivity contribution in [3.8, 4) is 34.0 Å². The van der Waals surface area contributed by atoms with Crippen LogP contribution in [0.3, 0.4) is 0 Å². The van der Waals surface area contributed by atoms with Gasteiger partial charge >= 0.3 is 0 Å². The topological polar surface area (TPSA) is 97.8 Å². The van der Waals surface area contributed by atoms with Crippen LogP contribution >= 0.6 is 0 Å². The molecule has 4 N–H and O–H groups in total. The molecule has 0 spiro atoms. The second kappa shape index (κ2) is 13.3. The third-order valence-corrected chi connectivity index (χ3v) is 8.56. The summed E-state index contributed by atoms with van der Waals surface area (Å²) in [5.74, 6) is 0.568. The lowest BCUT2D eigenvalue weighted by molar-refractivity contribution is 0.474. The largest absolute Gasteiger partial charge is 0.508 e. The first-order valence-corrected chi connectivity index (χ1v) is 16.2. The van der Waals surface area contributed by atoms with Crippen LogP contribution < -0.4 is 0 Å². The summed E-state index contributed by atoms with van der Waals surface area (Å²) in [5, 5.41) is 18.8. The van der Waals surface area contributed by atoms with E-state index < -0.39 is 0 Å². The van der Waals surface area contributed by atoms with Crippen LogP contribution in [-0.2, 0) is 0 Å². The number of aromatic amines is 2. The predicted octanol–water partition coefficient (Wildman–Crippen LogP) is 10.6. The molecule has 6 heteroatoms. The number of aromatic hydroxyl groups is 2. The minimum Gasteiger partial charge on any atom is -0.508 e. The monoisotopic (exact) mass is 628 g/mol. The fraction of sp³-hybridized carbons (Fsp3) is 0.0952. The van der Waals surface area contributed by atoms with Crippen molar-refractivity contribution in [1.29, 1.82) is 0 Å². The number of nitrogens with one attached hydrogen (secondary N) is 2. The van der Waals surface area contributed by atoms with E-state index in [4.69, 9.17) is 9.97 Å². The first-order valence-electron chi connectivity index (χ1n) is 16.2. The minimum absolute atomic E-state index is 0.284. The summed E-state index contributed by atoms with van der Waals surface area (Å²) in [6, 6.07) is 39.6. The van der Waals surface area contributed by atoms with E-state index in [2.05, 4.69) is 96.6 Å². The molecule has 2 aliphatic rings. The SMILES string of the molecule is C1=Cc2cc3ccc(cc4ccc(cc5nc(cc1n2)-c1ccccc1-5)[nH]4)[nH]3.CC/C(=C(/CC)c1ccc(O)cc1)c1ccc(O)cc1. The standard InChI is InChI=1S/C24H16N4.C18H20O2/c1-2-4-22-21(3-1)23-13-19-9-7-17(26-19)11-15-5-6-16(25-15)12-18-8-10-20(27-18)14-24(22)28-23;1-3-17(13-5-9-15(19)10-6-13)18(4-2)14-7-11-16(20)12-8-14/h1-14,25-26H;5-12,19-20H,3-4H2,1-2H3/b;18-17+. The second-order valence-corrected chi connectivity index (χ2v) is 11.8. The smallest absolute Gasteiger partial charge is 0.115 e. The van der Waals surface area contributed by atoms with Crippen molar-refractivity contribution < 1.29 is 10.2 Å². The van der Waals surface area contributed by atoms with Crippen molar-refractivity contribution in [2.24, 2.45) is 0 Å². The summed E-state index contributed by atoms with van der Waals surface area (Å²) in [6.45, 7) is 4.27. The van der Waals surface area contributed by atoms with E-state index in [1.165, 1.54) is 11.1 Å².